The van der Waals surface area contributed by atoms with Gasteiger partial charge in [-0.25, -0.2) is 0 Å². The van der Waals surface area contributed by atoms with E-state index in [2.05, 4.69) is 34.8 Å². The standard InChI is InChI=1S/C26H32ClN3O2.C2H6/c1-6-9-21(10-7-2)16-19(4)28-23-13-14-30(17-23)25-22(11-8-12-24(25)27)15-18(3)26(32)29-20(5)31;1-2/h6-12,15,23,28H,1,4,13-14,16-17H2,2-3,5H3,(H,29,31,32);1-2H3/b10-7-,18-15+,21-9+;/t23-;/m0./s1. The number of carbonyl (C=O) groups excluding carboxylic acids is 2. The molecule has 0 aliphatic carbocycles. The lowest BCUT2D eigenvalue weighted by Crippen LogP contribution is -2.32. The molecule has 1 saturated heterocycles. The number of nitrogens with one attached hydrogen (secondary N) is 2. The highest BCUT2D eigenvalue weighted by Crippen LogP contribution is 2.34. The van der Waals surface area contributed by atoms with Crippen molar-refractivity contribution in [2.75, 3.05) is 18.0 Å². The summed E-state index contributed by atoms with van der Waals surface area (Å²) in [5, 5.41) is 6.47. The number of halogens is 1. The van der Waals surface area contributed by atoms with Gasteiger partial charge in [-0.15, -0.1) is 0 Å². The number of allylic oxidation sites excluding steroid dienone is 5. The Morgan fingerprint density at radius 1 is 1.26 bits per heavy atom. The molecule has 1 aliphatic rings. The van der Waals surface area contributed by atoms with Crippen molar-refractivity contribution in [2.24, 2.45) is 0 Å². The summed E-state index contributed by atoms with van der Waals surface area (Å²) in [6.45, 7) is 18.6. The van der Waals surface area contributed by atoms with Gasteiger partial charge in [0.2, 0.25) is 5.91 Å². The fraction of sp³-hybridized carbons (Fsp3) is 0.357. The topological polar surface area (TPSA) is 61.4 Å². The minimum absolute atomic E-state index is 0.244. The normalized spacial score (nSPS) is 16.1. The smallest absolute Gasteiger partial charge is 0.253 e. The Bertz CT molecular complexity index is 976. The van der Waals surface area contributed by atoms with Gasteiger partial charge in [-0.1, -0.05) is 75.0 Å². The second kappa shape index (κ2) is 15.0. The van der Waals surface area contributed by atoms with Crippen LogP contribution in [0.4, 0.5) is 5.69 Å². The second-order valence-electron chi connectivity index (χ2n) is 7.85. The molecule has 2 N–H and O–H groups in total. The minimum Gasteiger partial charge on any atom is -0.384 e. The molecular weight excluding hydrogens is 446 g/mol. The van der Waals surface area contributed by atoms with Crippen LogP contribution >= 0.6 is 11.6 Å². The van der Waals surface area contributed by atoms with Gasteiger partial charge >= 0.3 is 0 Å². The maximum Gasteiger partial charge on any atom is 0.253 e. The van der Waals surface area contributed by atoms with Gasteiger partial charge in [0, 0.05) is 43.7 Å². The van der Waals surface area contributed by atoms with E-state index in [1.165, 1.54) is 6.92 Å². The summed E-state index contributed by atoms with van der Waals surface area (Å²) < 4.78 is 0. The number of anilines is 1. The maximum atomic E-state index is 12.1. The molecule has 5 nitrogen and oxygen atoms in total. The summed E-state index contributed by atoms with van der Waals surface area (Å²) >= 11 is 6.56. The lowest BCUT2D eigenvalue weighted by molar-refractivity contribution is -0.127. The van der Waals surface area contributed by atoms with Crippen LogP contribution in [0.3, 0.4) is 0 Å². The molecule has 0 aromatic heterocycles. The molecule has 0 spiro atoms. The molecule has 34 heavy (non-hydrogen) atoms. The van der Waals surface area contributed by atoms with E-state index in [4.69, 9.17) is 11.6 Å². The summed E-state index contributed by atoms with van der Waals surface area (Å²) in [5.74, 6) is -0.798. The first-order valence-electron chi connectivity index (χ1n) is 11.7. The third-order valence-electron chi connectivity index (χ3n) is 5.08. The molecule has 184 valence electrons. The van der Waals surface area contributed by atoms with Crippen molar-refractivity contribution in [1.82, 2.24) is 10.6 Å². The average molecular weight is 484 g/mol. The molecule has 0 bridgehead atoms. The van der Waals surface area contributed by atoms with Crippen molar-refractivity contribution in [1.29, 1.82) is 0 Å². The van der Waals surface area contributed by atoms with Crippen LogP contribution in [-0.4, -0.2) is 30.9 Å². The summed E-state index contributed by atoms with van der Waals surface area (Å²) in [7, 11) is 0. The molecule has 1 aromatic carbocycles. The molecule has 1 heterocycles. The Labute approximate surface area is 209 Å². The third kappa shape index (κ3) is 9.06. The van der Waals surface area contributed by atoms with Gasteiger partial charge < -0.3 is 10.2 Å². The lowest BCUT2D eigenvalue weighted by atomic mass is 10.1. The first-order valence-corrected chi connectivity index (χ1v) is 12.0. The van der Waals surface area contributed by atoms with E-state index in [1.54, 1.807) is 19.1 Å². The second-order valence-corrected chi connectivity index (χ2v) is 8.26. The summed E-state index contributed by atoms with van der Waals surface area (Å²) in [4.78, 5) is 25.6. The minimum atomic E-state index is -0.412. The van der Waals surface area contributed by atoms with Crippen molar-refractivity contribution in [2.45, 2.75) is 53.5 Å². The van der Waals surface area contributed by atoms with Crippen LogP contribution in [0.5, 0.6) is 0 Å². The van der Waals surface area contributed by atoms with Crippen molar-refractivity contribution >= 4 is 35.2 Å². The van der Waals surface area contributed by atoms with E-state index in [0.29, 0.717) is 10.6 Å². The quantitative estimate of drug-likeness (QED) is 0.324. The van der Waals surface area contributed by atoms with Crippen molar-refractivity contribution in [3.63, 3.8) is 0 Å². The van der Waals surface area contributed by atoms with E-state index >= 15 is 0 Å². The van der Waals surface area contributed by atoms with Crippen LogP contribution in [0.1, 0.15) is 53.0 Å². The van der Waals surface area contributed by atoms with Gasteiger partial charge in [-0.2, -0.15) is 0 Å². The van der Waals surface area contributed by atoms with E-state index in [0.717, 1.165) is 48.5 Å². The number of hydrogen-bond acceptors (Lipinski definition) is 4. The fourth-order valence-corrected chi connectivity index (χ4v) is 4.05. The van der Waals surface area contributed by atoms with Crippen LogP contribution in [0.25, 0.3) is 6.08 Å². The lowest BCUT2D eigenvalue weighted by Gasteiger charge is -2.23. The Kier molecular flexibility index (Phi) is 12.8. The molecule has 6 heteroatoms. The largest absolute Gasteiger partial charge is 0.384 e. The van der Waals surface area contributed by atoms with E-state index < -0.39 is 5.91 Å². The SMILES string of the molecule is C=C/C=C(\C=C/C)CC(=C)N[C@H]1CCN(c2c(Cl)cccc2/C=C(\C)C(=O)NC(C)=O)C1.CC. The van der Waals surface area contributed by atoms with Gasteiger partial charge in [0.1, 0.15) is 0 Å². The molecule has 2 amide bonds. The van der Waals surface area contributed by atoms with E-state index in [9.17, 15) is 9.59 Å². The van der Waals surface area contributed by atoms with Crippen molar-refractivity contribution < 1.29 is 9.59 Å². The zero-order valence-corrected chi connectivity index (χ0v) is 21.8. The van der Waals surface area contributed by atoms with Gasteiger partial charge in [-0.05, 0) is 43.5 Å². The number of benzene rings is 1. The molecule has 1 atom stereocenters. The zero-order chi connectivity index (χ0) is 25.7. The van der Waals surface area contributed by atoms with Crippen LogP contribution in [0, 0.1) is 0 Å². The Balaban J connectivity index is 0.00000281. The van der Waals surface area contributed by atoms with Gasteiger partial charge in [-0.3, -0.25) is 14.9 Å². The van der Waals surface area contributed by atoms with Gasteiger partial charge in [0.15, 0.2) is 0 Å². The third-order valence-corrected chi connectivity index (χ3v) is 5.39. The maximum absolute atomic E-state index is 12.1. The van der Waals surface area contributed by atoms with Gasteiger partial charge in [0.25, 0.3) is 5.91 Å². The Morgan fingerprint density at radius 3 is 2.59 bits per heavy atom. The molecule has 2 rings (SSSR count). The number of hydrogen-bond donors (Lipinski definition) is 2. The highest BCUT2D eigenvalue weighted by atomic mass is 35.5. The Hall–Kier alpha value is -3.05. The molecule has 0 radical (unpaired) electrons. The Morgan fingerprint density at radius 2 is 1.97 bits per heavy atom. The van der Waals surface area contributed by atoms with Crippen LogP contribution in [-0.2, 0) is 9.59 Å². The predicted octanol–water partition coefficient (Wildman–Crippen LogP) is 6.19. The first-order chi connectivity index (χ1) is 16.2. The molecule has 1 aromatic rings. The van der Waals surface area contributed by atoms with Crippen LogP contribution in [0.2, 0.25) is 5.02 Å². The highest BCUT2D eigenvalue weighted by Gasteiger charge is 2.26. The number of carbonyl (C=O) groups is 2. The van der Waals surface area contributed by atoms with Gasteiger partial charge in [0.05, 0.1) is 10.7 Å². The predicted molar refractivity (Wildman–Crippen MR) is 146 cm³/mol. The summed E-state index contributed by atoms with van der Waals surface area (Å²) in [6.07, 6.45) is 11.3. The zero-order valence-electron chi connectivity index (χ0n) is 21.1. The number of para-hydroxylation sites is 1. The van der Waals surface area contributed by atoms with E-state index in [-0.39, 0.29) is 11.9 Å². The van der Waals surface area contributed by atoms with Crippen molar-refractivity contribution in [3.8, 4) is 0 Å². The number of imide groups is 1. The highest BCUT2D eigenvalue weighted by molar-refractivity contribution is 6.33. The number of rotatable bonds is 9. The average Bonchev–Trinajstić information content (AvgIpc) is 3.22. The summed E-state index contributed by atoms with van der Waals surface area (Å²) in [6, 6.07) is 5.88. The van der Waals surface area contributed by atoms with Crippen molar-refractivity contribution in [3.05, 3.63) is 83.1 Å². The van der Waals surface area contributed by atoms with E-state index in [1.807, 2.05) is 51.1 Å². The number of amides is 2. The molecule has 1 aliphatic heterocycles. The fourth-order valence-electron chi connectivity index (χ4n) is 3.75. The molecule has 0 saturated carbocycles. The summed E-state index contributed by atoms with van der Waals surface area (Å²) in [5.41, 5.74) is 4.28. The number of nitrogens with zero attached hydrogens (tertiary/aromatic N) is 1. The first kappa shape index (κ1) is 29.0. The molecule has 1 fully saturated rings. The molecule has 0 unspecified atom stereocenters. The van der Waals surface area contributed by atoms with Crippen LogP contribution in [0.15, 0.2) is 72.5 Å². The van der Waals surface area contributed by atoms with Crippen LogP contribution < -0.4 is 15.5 Å². The molecular formula is C28H38ClN3O2. The monoisotopic (exact) mass is 483 g/mol.